The van der Waals surface area contributed by atoms with Gasteiger partial charge in [0.2, 0.25) is 5.75 Å². The quantitative estimate of drug-likeness (QED) is 0.563. The Hall–Kier alpha value is -2.94. The molecule has 0 amide bonds. The standard InChI is InChI=1S/C18H18BrN3O5/c1-24-13-8-11-14(16(26-3)15(13)25-2)17(22-18(21-11)27-4)20-9-5-6-12(23)10(19)7-9/h5-8,23H,1-4H3,(H,20,21,22). The van der Waals surface area contributed by atoms with Gasteiger partial charge in [-0.15, -0.1) is 0 Å². The van der Waals surface area contributed by atoms with E-state index in [4.69, 9.17) is 18.9 Å². The van der Waals surface area contributed by atoms with Crippen molar-refractivity contribution in [3.8, 4) is 29.0 Å². The summed E-state index contributed by atoms with van der Waals surface area (Å²) >= 11 is 3.30. The zero-order chi connectivity index (χ0) is 19.6. The van der Waals surface area contributed by atoms with E-state index in [0.29, 0.717) is 44.1 Å². The van der Waals surface area contributed by atoms with Gasteiger partial charge in [0.05, 0.1) is 43.8 Å². The van der Waals surface area contributed by atoms with Gasteiger partial charge < -0.3 is 29.4 Å². The minimum atomic E-state index is 0.134. The second-order valence-corrected chi connectivity index (χ2v) is 6.24. The molecule has 142 valence electrons. The summed E-state index contributed by atoms with van der Waals surface area (Å²) in [6.07, 6.45) is 0. The van der Waals surface area contributed by atoms with Gasteiger partial charge in [-0.25, -0.2) is 0 Å². The van der Waals surface area contributed by atoms with E-state index < -0.39 is 0 Å². The molecule has 0 fully saturated rings. The largest absolute Gasteiger partial charge is 0.507 e. The average molecular weight is 436 g/mol. The molecule has 0 saturated heterocycles. The molecule has 2 aromatic carbocycles. The molecule has 1 heterocycles. The van der Waals surface area contributed by atoms with Crippen molar-refractivity contribution >= 4 is 38.3 Å². The molecule has 3 aromatic rings. The van der Waals surface area contributed by atoms with Crippen molar-refractivity contribution in [3.05, 3.63) is 28.7 Å². The maximum Gasteiger partial charge on any atom is 0.318 e. The third-order valence-electron chi connectivity index (χ3n) is 3.86. The van der Waals surface area contributed by atoms with E-state index in [1.165, 1.54) is 28.4 Å². The molecule has 3 rings (SSSR count). The van der Waals surface area contributed by atoms with Gasteiger partial charge in [0.15, 0.2) is 11.5 Å². The van der Waals surface area contributed by atoms with Crippen LogP contribution in [0.4, 0.5) is 11.5 Å². The lowest BCUT2D eigenvalue weighted by Crippen LogP contribution is -2.03. The first kappa shape index (κ1) is 18.8. The van der Waals surface area contributed by atoms with Crippen molar-refractivity contribution in [2.45, 2.75) is 0 Å². The first-order chi connectivity index (χ1) is 13.0. The molecular formula is C18H18BrN3O5. The van der Waals surface area contributed by atoms with Gasteiger partial charge in [-0.2, -0.15) is 9.97 Å². The van der Waals surface area contributed by atoms with Crippen molar-refractivity contribution in [3.63, 3.8) is 0 Å². The Morgan fingerprint density at radius 1 is 0.926 bits per heavy atom. The van der Waals surface area contributed by atoms with Gasteiger partial charge in [-0.05, 0) is 34.1 Å². The number of aromatic nitrogens is 2. The molecule has 0 unspecified atom stereocenters. The molecule has 0 radical (unpaired) electrons. The van der Waals surface area contributed by atoms with E-state index in [1.54, 1.807) is 24.3 Å². The zero-order valence-electron chi connectivity index (χ0n) is 15.2. The minimum absolute atomic E-state index is 0.134. The lowest BCUT2D eigenvalue weighted by molar-refractivity contribution is 0.327. The molecule has 9 heteroatoms. The second-order valence-electron chi connectivity index (χ2n) is 5.39. The fraction of sp³-hybridized carbons (Fsp3) is 0.222. The first-order valence-corrected chi connectivity index (χ1v) is 8.61. The molecule has 0 aliphatic heterocycles. The van der Waals surface area contributed by atoms with Gasteiger partial charge in [-0.3, -0.25) is 0 Å². The summed E-state index contributed by atoms with van der Waals surface area (Å²) < 4.78 is 22.2. The number of fused-ring (bicyclic) bond motifs is 1. The highest BCUT2D eigenvalue weighted by Gasteiger charge is 2.22. The van der Waals surface area contributed by atoms with E-state index in [9.17, 15) is 5.11 Å². The third-order valence-corrected chi connectivity index (χ3v) is 4.50. The molecule has 0 spiro atoms. The summed E-state index contributed by atoms with van der Waals surface area (Å²) in [5.41, 5.74) is 1.25. The number of nitrogens with zero attached hydrogens (tertiary/aromatic N) is 2. The monoisotopic (exact) mass is 435 g/mol. The van der Waals surface area contributed by atoms with Crippen LogP contribution in [0.25, 0.3) is 10.9 Å². The SMILES string of the molecule is COc1nc(Nc2ccc(O)c(Br)c2)c2c(OC)c(OC)c(OC)cc2n1. The number of hydrogen-bond donors (Lipinski definition) is 2. The van der Waals surface area contributed by atoms with Crippen molar-refractivity contribution in [2.75, 3.05) is 33.8 Å². The Labute approximate surface area is 164 Å². The second kappa shape index (κ2) is 7.75. The number of halogens is 1. The summed E-state index contributed by atoms with van der Waals surface area (Å²) in [5.74, 6) is 1.91. The van der Waals surface area contributed by atoms with Gasteiger partial charge in [0.1, 0.15) is 11.6 Å². The van der Waals surface area contributed by atoms with Gasteiger partial charge in [-0.1, -0.05) is 0 Å². The molecule has 0 bridgehead atoms. The van der Waals surface area contributed by atoms with E-state index in [0.717, 1.165) is 0 Å². The van der Waals surface area contributed by atoms with E-state index >= 15 is 0 Å². The predicted octanol–water partition coefficient (Wildman–Crippen LogP) is 3.88. The minimum Gasteiger partial charge on any atom is -0.507 e. The van der Waals surface area contributed by atoms with Crippen LogP contribution in [0.2, 0.25) is 0 Å². The van der Waals surface area contributed by atoms with Crippen LogP contribution >= 0.6 is 15.9 Å². The number of rotatable bonds is 6. The lowest BCUT2D eigenvalue weighted by atomic mass is 10.1. The highest BCUT2D eigenvalue weighted by Crippen LogP contribution is 2.46. The summed E-state index contributed by atoms with van der Waals surface area (Å²) in [6.45, 7) is 0. The van der Waals surface area contributed by atoms with Crippen LogP contribution in [0.3, 0.4) is 0 Å². The van der Waals surface area contributed by atoms with Crippen molar-refractivity contribution in [2.24, 2.45) is 0 Å². The molecule has 2 N–H and O–H groups in total. The third kappa shape index (κ3) is 3.50. The number of phenolic OH excluding ortho intramolecular Hbond substituents is 1. The number of methoxy groups -OCH3 is 4. The van der Waals surface area contributed by atoms with Crippen LogP contribution in [0, 0.1) is 0 Å². The summed E-state index contributed by atoms with van der Waals surface area (Å²) in [6, 6.07) is 6.90. The lowest BCUT2D eigenvalue weighted by Gasteiger charge is -2.17. The van der Waals surface area contributed by atoms with Crippen LogP contribution < -0.4 is 24.3 Å². The number of ether oxygens (including phenoxy) is 4. The normalized spacial score (nSPS) is 10.6. The van der Waals surface area contributed by atoms with Crippen LogP contribution in [0.1, 0.15) is 0 Å². The Morgan fingerprint density at radius 2 is 1.67 bits per heavy atom. The number of nitrogens with one attached hydrogen (secondary N) is 1. The van der Waals surface area contributed by atoms with E-state index in [1.807, 2.05) is 0 Å². The highest BCUT2D eigenvalue weighted by molar-refractivity contribution is 9.10. The average Bonchev–Trinajstić information content (AvgIpc) is 2.68. The maximum absolute atomic E-state index is 9.70. The van der Waals surface area contributed by atoms with Crippen LogP contribution in [0.5, 0.6) is 29.0 Å². The number of aromatic hydroxyl groups is 1. The van der Waals surface area contributed by atoms with E-state index in [2.05, 4.69) is 31.2 Å². The molecule has 0 atom stereocenters. The molecule has 27 heavy (non-hydrogen) atoms. The smallest absolute Gasteiger partial charge is 0.318 e. The molecule has 0 saturated carbocycles. The molecule has 8 nitrogen and oxygen atoms in total. The van der Waals surface area contributed by atoms with Gasteiger partial charge in [0.25, 0.3) is 0 Å². The van der Waals surface area contributed by atoms with Crippen LogP contribution in [-0.4, -0.2) is 43.5 Å². The highest BCUT2D eigenvalue weighted by atomic mass is 79.9. The number of hydrogen-bond acceptors (Lipinski definition) is 8. The number of anilines is 2. The molecule has 1 aromatic heterocycles. The first-order valence-electron chi connectivity index (χ1n) is 7.82. The number of phenols is 1. The fourth-order valence-electron chi connectivity index (χ4n) is 2.64. The van der Waals surface area contributed by atoms with Gasteiger partial charge in [0, 0.05) is 11.8 Å². The Kier molecular flexibility index (Phi) is 5.41. The van der Waals surface area contributed by atoms with E-state index in [-0.39, 0.29) is 11.8 Å². The summed E-state index contributed by atoms with van der Waals surface area (Å²) in [5, 5.41) is 13.5. The predicted molar refractivity (Wildman–Crippen MR) is 105 cm³/mol. The Morgan fingerprint density at radius 3 is 2.26 bits per heavy atom. The molecular weight excluding hydrogens is 418 g/mol. The van der Waals surface area contributed by atoms with Crippen LogP contribution in [-0.2, 0) is 0 Å². The maximum atomic E-state index is 9.70. The summed E-state index contributed by atoms with van der Waals surface area (Å²) in [4.78, 5) is 8.79. The fourth-order valence-corrected chi connectivity index (χ4v) is 3.02. The Balaban J connectivity index is 2.27. The van der Waals surface area contributed by atoms with Crippen LogP contribution in [0.15, 0.2) is 28.7 Å². The van der Waals surface area contributed by atoms with Gasteiger partial charge >= 0.3 is 6.01 Å². The topological polar surface area (TPSA) is 95.0 Å². The number of benzene rings is 2. The van der Waals surface area contributed by atoms with Crippen molar-refractivity contribution < 1.29 is 24.1 Å². The molecule has 0 aliphatic carbocycles. The van der Waals surface area contributed by atoms with Crippen molar-refractivity contribution in [1.82, 2.24) is 9.97 Å². The Bertz CT molecular complexity index is 997. The van der Waals surface area contributed by atoms with Crippen molar-refractivity contribution in [1.29, 1.82) is 0 Å². The summed E-state index contributed by atoms with van der Waals surface area (Å²) in [7, 11) is 6.08. The molecule has 0 aliphatic rings. The zero-order valence-corrected chi connectivity index (χ0v) is 16.7.